The molecule has 120 valence electrons. The van der Waals surface area contributed by atoms with Crippen LogP contribution in [0.4, 0.5) is 0 Å². The smallest absolute Gasteiger partial charge is 0.361 e. The van der Waals surface area contributed by atoms with Gasteiger partial charge in [0.1, 0.15) is 0 Å². The van der Waals surface area contributed by atoms with Crippen LogP contribution in [0.3, 0.4) is 0 Å². The topological polar surface area (TPSA) is 49.3 Å². The van der Waals surface area contributed by atoms with Crippen LogP contribution in [0.5, 0.6) is 0 Å². The summed E-state index contributed by atoms with van der Waals surface area (Å²) in [5, 5.41) is 8.89. The van der Waals surface area contributed by atoms with Crippen LogP contribution in [0.1, 0.15) is 71.1 Å². The molecule has 4 nitrogen and oxygen atoms in total. The quantitative estimate of drug-likeness (QED) is 0.292. The molecular weight excluding hydrogens is 252 g/mol. The third kappa shape index (κ3) is 11.2. The molecule has 0 aromatic rings. The van der Waals surface area contributed by atoms with Crippen LogP contribution in [0.2, 0.25) is 0 Å². The van der Waals surface area contributed by atoms with Gasteiger partial charge in [-0.15, -0.1) is 0 Å². The van der Waals surface area contributed by atoms with Gasteiger partial charge in [0, 0.05) is 7.05 Å². The number of carbonyl (C=O) groups is 1. The molecular formula is C16H35N2O2+. The maximum absolute atomic E-state index is 10.8. The number of nitrogens with one attached hydrogen (secondary N) is 1. The number of rotatable bonds is 14. The zero-order valence-electron chi connectivity index (χ0n) is 13.8. The number of hydrogen-bond donors (Lipinski definition) is 2. The van der Waals surface area contributed by atoms with E-state index in [1.807, 2.05) is 14.1 Å². The fourth-order valence-electron chi connectivity index (χ4n) is 2.52. The molecule has 0 saturated heterocycles. The summed E-state index contributed by atoms with van der Waals surface area (Å²) in [6, 6.07) is 0. The van der Waals surface area contributed by atoms with Gasteiger partial charge in [0.05, 0.1) is 13.6 Å². The molecule has 0 rings (SSSR count). The molecule has 0 fully saturated rings. The number of carboxylic acid groups (broad SMARTS) is 1. The van der Waals surface area contributed by atoms with Crippen molar-refractivity contribution in [2.45, 2.75) is 71.1 Å². The second-order valence-electron chi connectivity index (χ2n) is 6.08. The Labute approximate surface area is 125 Å². The third-order valence-corrected chi connectivity index (χ3v) is 4.03. The van der Waals surface area contributed by atoms with Crippen molar-refractivity contribution in [1.29, 1.82) is 0 Å². The highest BCUT2D eigenvalue weighted by molar-refractivity contribution is 5.67. The lowest BCUT2D eigenvalue weighted by atomic mass is 10.1. The summed E-state index contributed by atoms with van der Waals surface area (Å²) >= 11 is 0. The Bertz CT molecular complexity index is 247. The van der Waals surface area contributed by atoms with E-state index in [9.17, 15) is 4.79 Å². The van der Waals surface area contributed by atoms with Crippen LogP contribution >= 0.6 is 0 Å². The number of unbranched alkanes of at least 4 members (excludes halogenated alkanes) is 9. The van der Waals surface area contributed by atoms with Crippen LogP contribution < -0.4 is 5.43 Å². The predicted octanol–water partition coefficient (Wildman–Crippen LogP) is 3.57. The largest absolute Gasteiger partial charge is 0.477 e. The van der Waals surface area contributed by atoms with Gasteiger partial charge in [-0.2, -0.15) is 5.43 Å². The maximum Gasteiger partial charge on any atom is 0.361 e. The third-order valence-electron chi connectivity index (χ3n) is 4.03. The number of likely N-dealkylation sites (N-methyl/N-ethyl adjacent to an activating group) is 1. The van der Waals surface area contributed by atoms with Gasteiger partial charge < -0.3 is 5.11 Å². The molecule has 0 amide bonds. The molecule has 0 aromatic heterocycles. The van der Waals surface area contributed by atoms with E-state index in [0.717, 1.165) is 13.0 Å². The van der Waals surface area contributed by atoms with Gasteiger partial charge in [-0.25, -0.2) is 9.39 Å². The van der Waals surface area contributed by atoms with Crippen molar-refractivity contribution in [2.24, 2.45) is 0 Å². The summed E-state index contributed by atoms with van der Waals surface area (Å²) in [6.07, 6.45) is 13.1. The lowest BCUT2D eigenvalue weighted by Crippen LogP contribution is -2.56. The average molecular weight is 287 g/mol. The van der Waals surface area contributed by atoms with Crippen LogP contribution in [0, 0.1) is 0 Å². The predicted molar refractivity (Wildman–Crippen MR) is 84.5 cm³/mol. The highest BCUT2D eigenvalue weighted by Crippen LogP contribution is 2.11. The van der Waals surface area contributed by atoms with Crippen molar-refractivity contribution in [2.75, 3.05) is 27.2 Å². The van der Waals surface area contributed by atoms with E-state index >= 15 is 0 Å². The summed E-state index contributed by atoms with van der Waals surface area (Å²) in [5.74, 6) is -0.742. The molecule has 0 saturated carbocycles. The van der Waals surface area contributed by atoms with Gasteiger partial charge in [-0.05, 0) is 12.8 Å². The van der Waals surface area contributed by atoms with Crippen molar-refractivity contribution < 1.29 is 14.5 Å². The second-order valence-corrected chi connectivity index (χ2v) is 6.08. The summed E-state index contributed by atoms with van der Waals surface area (Å²) < 4.78 is 0.423. The first-order valence-corrected chi connectivity index (χ1v) is 8.29. The maximum atomic E-state index is 10.8. The highest BCUT2D eigenvalue weighted by Gasteiger charge is 2.22. The van der Waals surface area contributed by atoms with E-state index in [0.29, 0.717) is 4.59 Å². The Hall–Kier alpha value is -0.610. The number of carboxylic acids is 1. The molecule has 0 heterocycles. The average Bonchev–Trinajstić information content (AvgIpc) is 2.40. The van der Waals surface area contributed by atoms with E-state index < -0.39 is 5.97 Å². The minimum atomic E-state index is -0.742. The SMILES string of the molecule is CCCCCCCCCCCC[N+](C)(CC(=O)O)NC. The van der Waals surface area contributed by atoms with E-state index in [1.54, 1.807) is 0 Å². The fraction of sp³-hybridized carbons (Fsp3) is 0.938. The summed E-state index contributed by atoms with van der Waals surface area (Å²) in [7, 11) is 3.78. The van der Waals surface area contributed by atoms with E-state index in [-0.39, 0.29) is 6.54 Å². The zero-order valence-corrected chi connectivity index (χ0v) is 13.8. The summed E-state index contributed by atoms with van der Waals surface area (Å²) in [4.78, 5) is 10.8. The van der Waals surface area contributed by atoms with E-state index in [1.165, 1.54) is 57.8 Å². The Balaban J connectivity index is 3.44. The van der Waals surface area contributed by atoms with Gasteiger partial charge in [-0.3, -0.25) is 0 Å². The van der Waals surface area contributed by atoms with Crippen LogP contribution in [-0.4, -0.2) is 42.9 Å². The van der Waals surface area contributed by atoms with Gasteiger partial charge >= 0.3 is 5.97 Å². The minimum absolute atomic E-state index is 0.147. The van der Waals surface area contributed by atoms with Crippen molar-refractivity contribution in [3.8, 4) is 0 Å². The number of nitrogens with zero attached hydrogens (tertiary/aromatic N) is 1. The van der Waals surface area contributed by atoms with Crippen LogP contribution in [0.15, 0.2) is 0 Å². The number of aliphatic carboxylic acids is 1. The van der Waals surface area contributed by atoms with Gasteiger partial charge in [0.2, 0.25) is 0 Å². The van der Waals surface area contributed by atoms with Crippen LogP contribution in [0.25, 0.3) is 0 Å². The van der Waals surface area contributed by atoms with E-state index in [2.05, 4.69) is 12.3 Å². The molecule has 0 radical (unpaired) electrons. The first kappa shape index (κ1) is 19.4. The standard InChI is InChI=1S/C16H34N2O2/c1-4-5-6-7-8-9-10-11-12-13-14-18(3,17-2)15-16(19)20/h17H,4-15H2,1-3H3/p+1. The second kappa shape index (κ2) is 12.2. The van der Waals surface area contributed by atoms with E-state index in [4.69, 9.17) is 5.11 Å². The lowest BCUT2D eigenvalue weighted by Gasteiger charge is -2.30. The Morgan fingerprint density at radius 1 is 0.950 bits per heavy atom. The first-order chi connectivity index (χ1) is 9.54. The molecule has 1 atom stereocenters. The number of quaternary nitrogens is 1. The molecule has 0 aliphatic carbocycles. The molecule has 4 heteroatoms. The highest BCUT2D eigenvalue weighted by atomic mass is 16.4. The fourth-order valence-corrected chi connectivity index (χ4v) is 2.52. The lowest BCUT2D eigenvalue weighted by molar-refractivity contribution is -0.943. The molecule has 1 unspecified atom stereocenters. The molecule has 0 aliphatic rings. The number of hydrogen-bond acceptors (Lipinski definition) is 2. The summed E-state index contributed by atoms with van der Waals surface area (Å²) in [5.41, 5.74) is 3.10. The van der Waals surface area contributed by atoms with Crippen molar-refractivity contribution in [1.82, 2.24) is 5.43 Å². The first-order valence-electron chi connectivity index (χ1n) is 8.29. The van der Waals surface area contributed by atoms with Crippen molar-refractivity contribution in [3.05, 3.63) is 0 Å². The Kier molecular flexibility index (Phi) is 11.8. The monoisotopic (exact) mass is 287 g/mol. The Morgan fingerprint density at radius 3 is 1.80 bits per heavy atom. The molecule has 0 aliphatic heterocycles. The molecule has 0 spiro atoms. The molecule has 0 aromatic carbocycles. The minimum Gasteiger partial charge on any atom is -0.477 e. The normalized spacial score (nSPS) is 14.2. The van der Waals surface area contributed by atoms with Gasteiger partial charge in [0.25, 0.3) is 0 Å². The van der Waals surface area contributed by atoms with Gasteiger partial charge in [0.15, 0.2) is 6.54 Å². The molecule has 0 bridgehead atoms. The molecule has 2 N–H and O–H groups in total. The summed E-state index contributed by atoms with van der Waals surface area (Å²) in [6.45, 7) is 3.29. The van der Waals surface area contributed by atoms with Crippen LogP contribution in [-0.2, 0) is 4.79 Å². The van der Waals surface area contributed by atoms with Crippen molar-refractivity contribution >= 4 is 5.97 Å². The molecule has 20 heavy (non-hydrogen) atoms. The Morgan fingerprint density at radius 2 is 1.40 bits per heavy atom. The zero-order chi connectivity index (χ0) is 15.3. The van der Waals surface area contributed by atoms with Gasteiger partial charge in [-0.1, -0.05) is 58.3 Å². The van der Waals surface area contributed by atoms with Crippen molar-refractivity contribution in [3.63, 3.8) is 0 Å².